The van der Waals surface area contributed by atoms with Crippen LogP contribution in [0.3, 0.4) is 0 Å². The molecule has 0 aromatic heterocycles. The summed E-state index contributed by atoms with van der Waals surface area (Å²) in [5, 5.41) is 13.6. The van der Waals surface area contributed by atoms with Crippen molar-refractivity contribution < 1.29 is 9.84 Å². The first-order chi connectivity index (χ1) is 10.1. The second kappa shape index (κ2) is 7.46. The highest BCUT2D eigenvalue weighted by atomic mass is 35.5. The van der Waals surface area contributed by atoms with Crippen molar-refractivity contribution in [2.24, 2.45) is 0 Å². The number of aliphatic hydroxyl groups is 1. The lowest BCUT2D eigenvalue weighted by Crippen LogP contribution is -2.30. The van der Waals surface area contributed by atoms with Gasteiger partial charge in [0.2, 0.25) is 0 Å². The first-order valence-corrected chi connectivity index (χ1v) is 7.30. The highest BCUT2D eigenvalue weighted by molar-refractivity contribution is 6.31. The lowest BCUT2D eigenvalue weighted by atomic mass is 9.97. The summed E-state index contributed by atoms with van der Waals surface area (Å²) in [5.74, 6) is 0.792. The topological polar surface area (TPSA) is 41.5 Å². The average molecular weight is 306 g/mol. The van der Waals surface area contributed by atoms with E-state index in [0.717, 1.165) is 16.9 Å². The SMILES string of the molecule is COc1ccccc1C(NCC(C)O)c1ccccc1Cl. The van der Waals surface area contributed by atoms with Gasteiger partial charge in [-0.15, -0.1) is 0 Å². The molecule has 0 aliphatic carbocycles. The Hall–Kier alpha value is -1.55. The fourth-order valence-electron chi connectivity index (χ4n) is 2.29. The molecular formula is C17H20ClNO2. The lowest BCUT2D eigenvalue weighted by molar-refractivity contribution is 0.188. The molecule has 0 aliphatic heterocycles. The van der Waals surface area contributed by atoms with Crippen molar-refractivity contribution in [1.82, 2.24) is 5.32 Å². The third-order valence-electron chi connectivity index (χ3n) is 3.28. The molecule has 2 N–H and O–H groups in total. The van der Waals surface area contributed by atoms with Crippen LogP contribution in [0.1, 0.15) is 24.1 Å². The molecule has 0 amide bonds. The summed E-state index contributed by atoms with van der Waals surface area (Å²) in [6.07, 6.45) is -0.440. The monoisotopic (exact) mass is 305 g/mol. The molecule has 0 radical (unpaired) electrons. The van der Waals surface area contributed by atoms with E-state index in [9.17, 15) is 5.11 Å². The van der Waals surface area contributed by atoms with E-state index in [-0.39, 0.29) is 6.04 Å². The van der Waals surface area contributed by atoms with Gasteiger partial charge >= 0.3 is 0 Å². The van der Waals surface area contributed by atoms with E-state index in [0.29, 0.717) is 11.6 Å². The number of aliphatic hydroxyl groups excluding tert-OH is 1. The van der Waals surface area contributed by atoms with Crippen LogP contribution in [0.2, 0.25) is 5.02 Å². The van der Waals surface area contributed by atoms with Gasteiger partial charge in [0, 0.05) is 17.1 Å². The zero-order valence-electron chi connectivity index (χ0n) is 12.2. The molecule has 2 atom stereocenters. The molecule has 0 saturated heterocycles. The minimum Gasteiger partial charge on any atom is -0.496 e. The Morgan fingerprint density at radius 3 is 2.33 bits per heavy atom. The standard InChI is InChI=1S/C17H20ClNO2/c1-12(20)11-19-17(13-7-3-5-9-15(13)18)14-8-4-6-10-16(14)21-2/h3-10,12,17,19-20H,11H2,1-2H3. The first-order valence-electron chi connectivity index (χ1n) is 6.92. The number of benzene rings is 2. The van der Waals surface area contributed by atoms with Crippen molar-refractivity contribution in [3.8, 4) is 5.75 Å². The highest BCUT2D eigenvalue weighted by Gasteiger charge is 2.20. The second-order valence-electron chi connectivity index (χ2n) is 4.95. The Kier molecular flexibility index (Phi) is 5.62. The summed E-state index contributed by atoms with van der Waals surface area (Å²) >= 11 is 6.34. The number of nitrogens with one attached hydrogen (secondary N) is 1. The summed E-state index contributed by atoms with van der Waals surface area (Å²) in [5.41, 5.74) is 1.96. The third kappa shape index (κ3) is 3.97. The van der Waals surface area contributed by atoms with Gasteiger partial charge in [0.05, 0.1) is 19.3 Å². The molecule has 2 aromatic rings. The van der Waals surface area contributed by atoms with Crippen LogP contribution in [-0.4, -0.2) is 24.9 Å². The van der Waals surface area contributed by atoms with Crippen LogP contribution in [0, 0.1) is 0 Å². The quantitative estimate of drug-likeness (QED) is 0.859. The molecule has 3 nitrogen and oxygen atoms in total. The van der Waals surface area contributed by atoms with Crippen LogP contribution in [0.5, 0.6) is 5.75 Å². The van der Waals surface area contributed by atoms with Crippen LogP contribution >= 0.6 is 11.6 Å². The molecule has 112 valence electrons. The molecule has 0 bridgehead atoms. The van der Waals surface area contributed by atoms with Crippen molar-refractivity contribution >= 4 is 11.6 Å². The molecule has 0 heterocycles. The molecule has 2 unspecified atom stereocenters. The maximum absolute atomic E-state index is 9.56. The van der Waals surface area contributed by atoms with Crippen LogP contribution in [0.25, 0.3) is 0 Å². The predicted octanol–water partition coefficient (Wildman–Crippen LogP) is 3.41. The molecule has 0 spiro atoms. The van der Waals surface area contributed by atoms with E-state index in [2.05, 4.69) is 5.32 Å². The van der Waals surface area contributed by atoms with Gasteiger partial charge in [-0.3, -0.25) is 0 Å². The number of hydrogen-bond acceptors (Lipinski definition) is 3. The summed E-state index contributed by atoms with van der Waals surface area (Å²) in [7, 11) is 1.65. The van der Waals surface area contributed by atoms with Crippen molar-refractivity contribution in [3.63, 3.8) is 0 Å². The van der Waals surface area contributed by atoms with Gasteiger partial charge < -0.3 is 15.2 Å². The van der Waals surface area contributed by atoms with Crippen LogP contribution in [-0.2, 0) is 0 Å². The van der Waals surface area contributed by atoms with Crippen molar-refractivity contribution in [1.29, 1.82) is 0 Å². The second-order valence-corrected chi connectivity index (χ2v) is 5.36. The van der Waals surface area contributed by atoms with Gasteiger partial charge in [0.1, 0.15) is 5.75 Å². The van der Waals surface area contributed by atoms with E-state index in [4.69, 9.17) is 16.3 Å². The van der Waals surface area contributed by atoms with Gasteiger partial charge in [-0.2, -0.15) is 0 Å². The number of halogens is 1. The van der Waals surface area contributed by atoms with E-state index < -0.39 is 6.10 Å². The molecule has 21 heavy (non-hydrogen) atoms. The van der Waals surface area contributed by atoms with Crippen molar-refractivity contribution in [2.45, 2.75) is 19.1 Å². The molecule has 2 rings (SSSR count). The van der Waals surface area contributed by atoms with E-state index in [1.165, 1.54) is 0 Å². The maximum Gasteiger partial charge on any atom is 0.123 e. The Bertz CT molecular complexity index is 587. The summed E-state index contributed by atoms with van der Waals surface area (Å²) < 4.78 is 5.45. The smallest absolute Gasteiger partial charge is 0.123 e. The number of methoxy groups -OCH3 is 1. The van der Waals surface area contributed by atoms with E-state index in [1.54, 1.807) is 14.0 Å². The minimum atomic E-state index is -0.440. The summed E-state index contributed by atoms with van der Waals surface area (Å²) in [6.45, 7) is 2.22. The number of ether oxygens (including phenoxy) is 1. The summed E-state index contributed by atoms with van der Waals surface area (Å²) in [6, 6.07) is 15.4. The third-order valence-corrected chi connectivity index (χ3v) is 3.63. The zero-order chi connectivity index (χ0) is 15.2. The number of para-hydroxylation sites is 1. The van der Waals surface area contributed by atoms with Gasteiger partial charge in [-0.05, 0) is 24.6 Å². The number of rotatable bonds is 6. The van der Waals surface area contributed by atoms with Gasteiger partial charge in [0.15, 0.2) is 0 Å². The Labute approximate surface area is 130 Å². The van der Waals surface area contributed by atoms with E-state index >= 15 is 0 Å². The Morgan fingerprint density at radius 2 is 1.71 bits per heavy atom. The van der Waals surface area contributed by atoms with Crippen LogP contribution in [0.4, 0.5) is 0 Å². The summed E-state index contributed by atoms with van der Waals surface area (Å²) in [4.78, 5) is 0. The maximum atomic E-state index is 9.56. The van der Waals surface area contributed by atoms with Gasteiger partial charge in [0.25, 0.3) is 0 Å². The van der Waals surface area contributed by atoms with Gasteiger partial charge in [-0.1, -0.05) is 48.0 Å². The molecule has 4 heteroatoms. The number of hydrogen-bond donors (Lipinski definition) is 2. The predicted molar refractivity (Wildman–Crippen MR) is 86.0 cm³/mol. The fourth-order valence-corrected chi connectivity index (χ4v) is 2.53. The normalized spacial score (nSPS) is 13.7. The molecule has 0 aliphatic rings. The van der Waals surface area contributed by atoms with E-state index in [1.807, 2.05) is 48.5 Å². The van der Waals surface area contributed by atoms with Gasteiger partial charge in [-0.25, -0.2) is 0 Å². The average Bonchev–Trinajstić information content (AvgIpc) is 2.49. The Balaban J connectivity index is 2.43. The van der Waals surface area contributed by atoms with Crippen LogP contribution < -0.4 is 10.1 Å². The van der Waals surface area contributed by atoms with Crippen molar-refractivity contribution in [2.75, 3.05) is 13.7 Å². The largest absolute Gasteiger partial charge is 0.496 e. The lowest BCUT2D eigenvalue weighted by Gasteiger charge is -2.23. The molecule has 0 saturated carbocycles. The fraction of sp³-hybridized carbons (Fsp3) is 0.294. The molecule has 0 fully saturated rings. The Morgan fingerprint density at radius 1 is 1.10 bits per heavy atom. The zero-order valence-corrected chi connectivity index (χ0v) is 13.0. The highest BCUT2D eigenvalue weighted by Crippen LogP contribution is 2.33. The van der Waals surface area contributed by atoms with Crippen LogP contribution in [0.15, 0.2) is 48.5 Å². The molecule has 2 aromatic carbocycles. The van der Waals surface area contributed by atoms with Crippen molar-refractivity contribution in [3.05, 3.63) is 64.7 Å². The first kappa shape index (κ1) is 15.8. The minimum absolute atomic E-state index is 0.135. The molecular weight excluding hydrogens is 286 g/mol.